The number of aliphatic hydroxyl groups is 1. The van der Waals surface area contributed by atoms with E-state index in [0.717, 1.165) is 0 Å². The van der Waals surface area contributed by atoms with Crippen molar-refractivity contribution in [1.82, 2.24) is 5.32 Å². The van der Waals surface area contributed by atoms with Crippen LogP contribution in [0.25, 0.3) is 0 Å². The number of alkyl carbamates (subject to hydrolysis) is 1. The summed E-state index contributed by atoms with van der Waals surface area (Å²) in [5, 5.41) is 11.4. The van der Waals surface area contributed by atoms with Crippen molar-refractivity contribution in [3.63, 3.8) is 0 Å². The third kappa shape index (κ3) is 6.68. The van der Waals surface area contributed by atoms with Gasteiger partial charge in [0.25, 0.3) is 0 Å². The van der Waals surface area contributed by atoms with Crippen LogP contribution in [-0.2, 0) is 4.74 Å². The molecule has 0 saturated carbocycles. The maximum Gasteiger partial charge on any atom is 0.407 e. The highest BCUT2D eigenvalue weighted by atomic mass is 16.6. The number of hydrogen-bond donors (Lipinski definition) is 3. The summed E-state index contributed by atoms with van der Waals surface area (Å²) in [5.74, 6) is 0. The van der Waals surface area contributed by atoms with Gasteiger partial charge in [0, 0.05) is 0 Å². The molecular formula is C9H20N2O3. The molecule has 0 bridgehead atoms. The maximum atomic E-state index is 11.2. The molecule has 0 aliphatic carbocycles. The zero-order valence-electron chi connectivity index (χ0n) is 9.04. The molecule has 0 fully saturated rings. The lowest BCUT2D eigenvalue weighted by molar-refractivity contribution is 0.0480. The first kappa shape index (κ1) is 13.2. The Balaban J connectivity index is 3.91. The highest BCUT2D eigenvalue weighted by Gasteiger charge is 2.18. The number of rotatable bonds is 4. The van der Waals surface area contributed by atoms with Crippen molar-refractivity contribution in [2.24, 2.45) is 5.73 Å². The summed E-state index contributed by atoms with van der Waals surface area (Å²) in [6.07, 6.45) is 0.0143. The smallest absolute Gasteiger partial charge is 0.407 e. The van der Waals surface area contributed by atoms with E-state index in [2.05, 4.69) is 5.32 Å². The molecule has 4 N–H and O–H groups in total. The summed E-state index contributed by atoms with van der Waals surface area (Å²) in [4.78, 5) is 11.2. The molecule has 0 spiro atoms. The molecule has 1 atom stereocenters. The normalized spacial score (nSPS) is 13.5. The van der Waals surface area contributed by atoms with Crippen LogP contribution in [0.5, 0.6) is 0 Å². The molecule has 5 nitrogen and oxygen atoms in total. The molecule has 1 amide bonds. The molecule has 84 valence electrons. The Hall–Kier alpha value is -0.810. The van der Waals surface area contributed by atoms with Crippen molar-refractivity contribution < 1.29 is 14.6 Å². The van der Waals surface area contributed by atoms with Crippen molar-refractivity contribution >= 4 is 6.09 Å². The van der Waals surface area contributed by atoms with Gasteiger partial charge >= 0.3 is 6.09 Å². The predicted molar refractivity (Wildman–Crippen MR) is 53.9 cm³/mol. The fourth-order valence-electron chi connectivity index (χ4n) is 0.885. The molecule has 0 radical (unpaired) electrons. The van der Waals surface area contributed by atoms with E-state index in [1.54, 1.807) is 20.8 Å². The fourth-order valence-corrected chi connectivity index (χ4v) is 0.885. The van der Waals surface area contributed by atoms with Gasteiger partial charge in [-0.15, -0.1) is 0 Å². The molecule has 5 heteroatoms. The minimum atomic E-state index is -0.523. The predicted octanol–water partition coefficient (Wildman–Crippen LogP) is 0.221. The fraction of sp³-hybridized carbons (Fsp3) is 0.889. The zero-order chi connectivity index (χ0) is 11.2. The molecule has 14 heavy (non-hydrogen) atoms. The molecule has 0 aromatic heterocycles. The number of hydrogen-bond acceptors (Lipinski definition) is 4. The second-order valence-electron chi connectivity index (χ2n) is 4.10. The number of carbonyl (C=O) groups excluding carboxylic acids is 1. The van der Waals surface area contributed by atoms with Gasteiger partial charge in [-0.3, -0.25) is 0 Å². The number of nitrogens with one attached hydrogen (secondary N) is 1. The van der Waals surface area contributed by atoms with Crippen LogP contribution in [0.4, 0.5) is 4.79 Å². The Morgan fingerprint density at radius 2 is 2.14 bits per heavy atom. The van der Waals surface area contributed by atoms with Crippen molar-refractivity contribution in [1.29, 1.82) is 0 Å². The first-order chi connectivity index (χ1) is 6.39. The van der Waals surface area contributed by atoms with Crippen molar-refractivity contribution in [2.75, 3.05) is 13.2 Å². The number of aliphatic hydroxyl groups excluding tert-OH is 1. The van der Waals surface area contributed by atoms with E-state index in [9.17, 15) is 4.79 Å². The third-order valence-corrected chi connectivity index (χ3v) is 1.46. The van der Waals surface area contributed by atoms with Crippen LogP contribution in [0.3, 0.4) is 0 Å². The van der Waals surface area contributed by atoms with Gasteiger partial charge in [-0.05, 0) is 33.7 Å². The average Bonchev–Trinajstić information content (AvgIpc) is 2.00. The van der Waals surface area contributed by atoms with Crippen molar-refractivity contribution in [3.8, 4) is 0 Å². The summed E-state index contributed by atoms with van der Waals surface area (Å²) in [7, 11) is 0. The highest BCUT2D eigenvalue weighted by molar-refractivity contribution is 5.68. The molecule has 0 aliphatic rings. The summed E-state index contributed by atoms with van der Waals surface area (Å²) in [6, 6.07) is -0.324. The van der Waals surface area contributed by atoms with Gasteiger partial charge < -0.3 is 20.9 Å². The van der Waals surface area contributed by atoms with E-state index in [0.29, 0.717) is 13.0 Å². The Labute approximate surface area is 84.6 Å². The Bertz CT molecular complexity index is 177. The average molecular weight is 204 g/mol. The van der Waals surface area contributed by atoms with E-state index in [1.165, 1.54) is 0 Å². The highest BCUT2D eigenvalue weighted by Crippen LogP contribution is 2.06. The van der Waals surface area contributed by atoms with E-state index >= 15 is 0 Å². The first-order valence-corrected chi connectivity index (χ1v) is 4.69. The quantitative estimate of drug-likeness (QED) is 0.611. The second kappa shape index (κ2) is 5.82. The van der Waals surface area contributed by atoms with Crippen LogP contribution >= 0.6 is 0 Å². The van der Waals surface area contributed by atoms with Crippen LogP contribution in [0.2, 0.25) is 0 Å². The summed E-state index contributed by atoms with van der Waals surface area (Å²) < 4.78 is 5.01. The van der Waals surface area contributed by atoms with Crippen molar-refractivity contribution in [2.45, 2.75) is 38.8 Å². The molecule has 0 heterocycles. The molecule has 1 unspecified atom stereocenters. The van der Waals surface area contributed by atoms with Gasteiger partial charge in [-0.25, -0.2) is 4.79 Å². The zero-order valence-corrected chi connectivity index (χ0v) is 9.04. The molecule has 0 aliphatic heterocycles. The summed E-state index contributed by atoms with van der Waals surface area (Å²) in [6.45, 7) is 5.63. The van der Waals surface area contributed by atoms with Gasteiger partial charge in [0.05, 0.1) is 12.6 Å². The van der Waals surface area contributed by atoms with E-state index in [1.807, 2.05) is 0 Å². The van der Waals surface area contributed by atoms with Crippen LogP contribution in [0.15, 0.2) is 0 Å². The van der Waals surface area contributed by atoms with E-state index < -0.39 is 11.7 Å². The topological polar surface area (TPSA) is 84.6 Å². The van der Waals surface area contributed by atoms with Crippen LogP contribution in [-0.4, -0.2) is 36.0 Å². The lowest BCUT2D eigenvalue weighted by Gasteiger charge is -2.22. The van der Waals surface area contributed by atoms with E-state index in [4.69, 9.17) is 15.6 Å². The third-order valence-electron chi connectivity index (χ3n) is 1.46. The summed E-state index contributed by atoms with van der Waals surface area (Å²) >= 11 is 0. The molecule has 0 aromatic carbocycles. The molecule has 0 aromatic rings. The SMILES string of the molecule is CC(C)(C)OC(=O)NC(CO)CCN. The van der Waals surface area contributed by atoms with Gasteiger partial charge in [0.15, 0.2) is 0 Å². The first-order valence-electron chi connectivity index (χ1n) is 4.69. The lowest BCUT2D eigenvalue weighted by Crippen LogP contribution is -2.41. The Kier molecular flexibility index (Phi) is 5.49. The standard InChI is InChI=1S/C9H20N2O3/c1-9(2,3)14-8(13)11-7(6-12)4-5-10/h7,12H,4-6,10H2,1-3H3,(H,11,13). The van der Waals surface area contributed by atoms with Crippen LogP contribution in [0.1, 0.15) is 27.2 Å². The minimum Gasteiger partial charge on any atom is -0.444 e. The minimum absolute atomic E-state index is 0.129. The van der Waals surface area contributed by atoms with Gasteiger partial charge in [0.1, 0.15) is 5.60 Å². The van der Waals surface area contributed by atoms with E-state index in [-0.39, 0.29) is 12.6 Å². The molecular weight excluding hydrogens is 184 g/mol. The molecule has 0 saturated heterocycles. The Morgan fingerprint density at radius 3 is 2.50 bits per heavy atom. The number of carbonyl (C=O) groups is 1. The molecule has 0 rings (SSSR count). The lowest BCUT2D eigenvalue weighted by atomic mass is 10.2. The van der Waals surface area contributed by atoms with Crippen molar-refractivity contribution in [3.05, 3.63) is 0 Å². The number of nitrogens with two attached hydrogens (primary N) is 1. The number of amides is 1. The number of ether oxygens (including phenoxy) is 1. The van der Waals surface area contributed by atoms with Gasteiger partial charge in [-0.1, -0.05) is 0 Å². The summed E-state index contributed by atoms with van der Waals surface area (Å²) in [5.41, 5.74) is 4.78. The Morgan fingerprint density at radius 1 is 1.57 bits per heavy atom. The monoisotopic (exact) mass is 204 g/mol. The van der Waals surface area contributed by atoms with Crippen LogP contribution < -0.4 is 11.1 Å². The maximum absolute atomic E-state index is 11.2. The largest absolute Gasteiger partial charge is 0.444 e. The van der Waals surface area contributed by atoms with Gasteiger partial charge in [-0.2, -0.15) is 0 Å². The van der Waals surface area contributed by atoms with Crippen LogP contribution in [0, 0.1) is 0 Å². The second-order valence-corrected chi connectivity index (χ2v) is 4.10. The van der Waals surface area contributed by atoms with Gasteiger partial charge in [0.2, 0.25) is 0 Å².